The van der Waals surface area contributed by atoms with Crippen LogP contribution in [-0.4, -0.2) is 19.2 Å². The maximum absolute atomic E-state index is 14.3. The summed E-state index contributed by atoms with van der Waals surface area (Å²) in [4.78, 5) is 0. The van der Waals surface area contributed by atoms with Crippen molar-refractivity contribution in [3.05, 3.63) is 29.8 Å². The largest absolute Gasteiger partial charge is 0.491 e. The van der Waals surface area contributed by atoms with Gasteiger partial charge in [0.15, 0.2) is 0 Å². The normalized spacial score (nSPS) is 25.0. The molecule has 0 amide bonds. The van der Waals surface area contributed by atoms with Crippen molar-refractivity contribution in [2.75, 3.05) is 13.1 Å². The van der Waals surface area contributed by atoms with Gasteiger partial charge in [-0.3, -0.25) is 0 Å². The second-order valence-corrected chi connectivity index (χ2v) is 4.58. The highest BCUT2D eigenvalue weighted by Crippen LogP contribution is 2.33. The first-order valence-corrected chi connectivity index (χ1v) is 5.77. The zero-order valence-corrected chi connectivity index (χ0v) is 9.79. The van der Waals surface area contributed by atoms with Gasteiger partial charge in [-0.2, -0.15) is 0 Å². The predicted molar refractivity (Wildman–Crippen MR) is 62.5 cm³/mol. The van der Waals surface area contributed by atoms with Gasteiger partial charge in [-0.05, 0) is 44.5 Å². The minimum Gasteiger partial charge on any atom is -0.491 e. The van der Waals surface area contributed by atoms with E-state index in [0.717, 1.165) is 17.9 Å². The highest BCUT2D eigenvalue weighted by molar-refractivity contribution is 5.32. The Hall–Kier alpha value is -1.09. The quantitative estimate of drug-likeness (QED) is 0.850. The standard InChI is InChI=1S/C13H18FNO/c1-10(2)16-12-5-3-11(4-6-12)13(14)7-8-15-9-13/h3-6,10,15H,7-9H2,1-2H3. The lowest BCUT2D eigenvalue weighted by Gasteiger charge is -2.19. The molecule has 0 saturated carbocycles. The van der Waals surface area contributed by atoms with Gasteiger partial charge in [0.25, 0.3) is 0 Å². The van der Waals surface area contributed by atoms with Crippen LogP contribution in [0.25, 0.3) is 0 Å². The molecule has 0 aromatic heterocycles. The summed E-state index contributed by atoms with van der Waals surface area (Å²) in [5.41, 5.74) is -0.454. The molecule has 0 aliphatic carbocycles. The van der Waals surface area contributed by atoms with Crippen LogP contribution in [0.3, 0.4) is 0 Å². The van der Waals surface area contributed by atoms with Crippen molar-refractivity contribution >= 4 is 0 Å². The molecule has 3 heteroatoms. The molecule has 0 spiro atoms. The van der Waals surface area contributed by atoms with Crippen LogP contribution in [0.15, 0.2) is 24.3 Å². The molecule has 88 valence electrons. The monoisotopic (exact) mass is 223 g/mol. The number of benzene rings is 1. The highest BCUT2D eigenvalue weighted by atomic mass is 19.1. The molecule has 16 heavy (non-hydrogen) atoms. The number of hydrogen-bond acceptors (Lipinski definition) is 2. The van der Waals surface area contributed by atoms with Crippen LogP contribution in [0.1, 0.15) is 25.8 Å². The van der Waals surface area contributed by atoms with Gasteiger partial charge in [-0.15, -0.1) is 0 Å². The van der Waals surface area contributed by atoms with Crippen molar-refractivity contribution in [2.24, 2.45) is 0 Å². The van der Waals surface area contributed by atoms with E-state index in [1.807, 2.05) is 38.1 Å². The molecule has 2 nitrogen and oxygen atoms in total. The number of halogens is 1. The predicted octanol–water partition coefficient (Wildman–Crippen LogP) is 2.63. The minimum absolute atomic E-state index is 0.151. The van der Waals surface area contributed by atoms with Crippen LogP contribution >= 0.6 is 0 Å². The lowest BCUT2D eigenvalue weighted by Crippen LogP contribution is -2.23. The third kappa shape index (κ3) is 2.35. The third-order valence-corrected chi connectivity index (χ3v) is 2.85. The number of alkyl halides is 1. The molecule has 1 heterocycles. The molecule has 1 unspecified atom stereocenters. The van der Waals surface area contributed by atoms with E-state index in [1.54, 1.807) is 0 Å². The third-order valence-electron chi connectivity index (χ3n) is 2.85. The van der Waals surface area contributed by atoms with Gasteiger partial charge < -0.3 is 10.1 Å². The van der Waals surface area contributed by atoms with Crippen LogP contribution in [0.5, 0.6) is 5.75 Å². The summed E-state index contributed by atoms with van der Waals surface area (Å²) in [7, 11) is 0. The Bertz CT molecular complexity index is 341. The zero-order valence-electron chi connectivity index (χ0n) is 9.79. The van der Waals surface area contributed by atoms with Gasteiger partial charge >= 0.3 is 0 Å². The number of nitrogens with one attached hydrogen (secondary N) is 1. The maximum atomic E-state index is 14.3. The van der Waals surface area contributed by atoms with Crippen molar-refractivity contribution < 1.29 is 9.13 Å². The van der Waals surface area contributed by atoms with Crippen LogP contribution in [0.4, 0.5) is 4.39 Å². The van der Waals surface area contributed by atoms with Gasteiger partial charge in [0.1, 0.15) is 11.4 Å². The molecule has 1 saturated heterocycles. The fourth-order valence-corrected chi connectivity index (χ4v) is 2.01. The Labute approximate surface area is 95.8 Å². The van der Waals surface area contributed by atoms with Crippen molar-refractivity contribution in [3.8, 4) is 5.75 Å². The molecule has 0 radical (unpaired) electrons. The maximum Gasteiger partial charge on any atom is 0.149 e. The van der Waals surface area contributed by atoms with Crippen molar-refractivity contribution in [1.29, 1.82) is 0 Å². The lowest BCUT2D eigenvalue weighted by atomic mass is 9.95. The molecule has 1 aliphatic heterocycles. The van der Waals surface area contributed by atoms with Gasteiger partial charge in [-0.25, -0.2) is 4.39 Å². The summed E-state index contributed by atoms with van der Waals surface area (Å²) >= 11 is 0. The average Bonchev–Trinajstić information content (AvgIpc) is 2.66. The Kier molecular flexibility index (Phi) is 3.15. The Morgan fingerprint density at radius 1 is 1.31 bits per heavy atom. The second-order valence-electron chi connectivity index (χ2n) is 4.58. The molecular weight excluding hydrogens is 205 g/mol. The summed E-state index contributed by atoms with van der Waals surface area (Å²) in [6.07, 6.45) is 0.704. The van der Waals surface area contributed by atoms with E-state index in [1.165, 1.54) is 0 Å². The molecule has 1 aromatic carbocycles. The number of rotatable bonds is 3. The zero-order chi connectivity index (χ0) is 11.6. The molecule has 1 atom stereocenters. The van der Waals surface area contributed by atoms with Crippen LogP contribution in [-0.2, 0) is 5.67 Å². The molecule has 1 N–H and O–H groups in total. The van der Waals surface area contributed by atoms with Crippen molar-refractivity contribution in [1.82, 2.24) is 5.32 Å². The summed E-state index contributed by atoms with van der Waals surface area (Å²) in [6, 6.07) is 7.33. The van der Waals surface area contributed by atoms with Crippen LogP contribution in [0.2, 0.25) is 0 Å². The summed E-state index contributed by atoms with van der Waals surface area (Å²) in [6.45, 7) is 5.12. The van der Waals surface area contributed by atoms with Gasteiger partial charge in [-0.1, -0.05) is 12.1 Å². The van der Waals surface area contributed by atoms with E-state index in [0.29, 0.717) is 13.0 Å². The van der Waals surface area contributed by atoms with Gasteiger partial charge in [0.2, 0.25) is 0 Å². The second kappa shape index (κ2) is 4.42. The van der Waals surface area contributed by atoms with E-state index in [-0.39, 0.29) is 6.10 Å². The highest BCUT2D eigenvalue weighted by Gasteiger charge is 2.35. The summed E-state index contributed by atoms with van der Waals surface area (Å²) < 4.78 is 19.9. The van der Waals surface area contributed by atoms with Crippen molar-refractivity contribution in [3.63, 3.8) is 0 Å². The summed E-state index contributed by atoms with van der Waals surface area (Å²) in [5, 5.41) is 3.05. The Balaban J connectivity index is 2.12. The first kappa shape index (κ1) is 11.4. The molecule has 1 aromatic rings. The fourth-order valence-electron chi connectivity index (χ4n) is 2.01. The van der Waals surface area contributed by atoms with Gasteiger partial charge in [0.05, 0.1) is 6.10 Å². The lowest BCUT2D eigenvalue weighted by molar-refractivity contribution is 0.193. The molecule has 2 rings (SSSR count). The Morgan fingerprint density at radius 3 is 2.50 bits per heavy atom. The molecule has 0 bridgehead atoms. The van der Waals surface area contributed by atoms with Crippen molar-refractivity contribution in [2.45, 2.75) is 32.0 Å². The fraction of sp³-hybridized carbons (Fsp3) is 0.538. The van der Waals surface area contributed by atoms with Crippen LogP contribution in [0, 0.1) is 0 Å². The smallest absolute Gasteiger partial charge is 0.149 e. The topological polar surface area (TPSA) is 21.3 Å². The first-order valence-electron chi connectivity index (χ1n) is 5.77. The van der Waals surface area contributed by atoms with Crippen LogP contribution < -0.4 is 10.1 Å². The molecule has 1 fully saturated rings. The molecule has 1 aliphatic rings. The van der Waals surface area contributed by atoms with E-state index < -0.39 is 5.67 Å². The minimum atomic E-state index is -1.20. The van der Waals surface area contributed by atoms with E-state index >= 15 is 0 Å². The average molecular weight is 223 g/mol. The summed E-state index contributed by atoms with van der Waals surface area (Å²) in [5.74, 6) is 0.799. The van der Waals surface area contributed by atoms with E-state index in [2.05, 4.69) is 5.32 Å². The number of ether oxygens (including phenoxy) is 1. The first-order chi connectivity index (χ1) is 7.60. The Morgan fingerprint density at radius 2 is 2.00 bits per heavy atom. The van der Waals surface area contributed by atoms with E-state index in [9.17, 15) is 4.39 Å². The number of hydrogen-bond donors (Lipinski definition) is 1. The molecular formula is C13H18FNO. The van der Waals surface area contributed by atoms with E-state index in [4.69, 9.17) is 4.74 Å². The SMILES string of the molecule is CC(C)Oc1ccc(C2(F)CCNC2)cc1. The van der Waals surface area contributed by atoms with Gasteiger partial charge in [0, 0.05) is 6.54 Å².